The van der Waals surface area contributed by atoms with Crippen molar-refractivity contribution in [2.75, 3.05) is 5.32 Å². The Morgan fingerprint density at radius 1 is 1.39 bits per heavy atom. The molecule has 1 aromatic carbocycles. The molecule has 0 aliphatic rings. The predicted octanol–water partition coefficient (Wildman–Crippen LogP) is 4.01. The molecule has 0 radical (unpaired) electrons. The summed E-state index contributed by atoms with van der Waals surface area (Å²) in [5.74, 6) is 0.438. The first-order valence-corrected chi connectivity index (χ1v) is 7.12. The second-order valence-corrected chi connectivity index (χ2v) is 5.94. The zero-order valence-electron chi connectivity index (χ0n) is 9.58. The Balaban J connectivity index is 2.21. The Labute approximate surface area is 127 Å². The van der Waals surface area contributed by atoms with E-state index in [0.717, 1.165) is 13.6 Å². The molecule has 0 aliphatic carbocycles. The maximum absolute atomic E-state index is 12.0. The Bertz CT molecular complexity index is 601. The van der Waals surface area contributed by atoms with Gasteiger partial charge in [-0.3, -0.25) is 4.79 Å². The van der Waals surface area contributed by atoms with Gasteiger partial charge in [-0.05, 0) is 59.3 Å². The quantitative estimate of drug-likeness (QED) is 0.751. The number of pyridine rings is 1. The Morgan fingerprint density at radius 2 is 2.17 bits per heavy atom. The number of halogens is 2. The normalized spacial score (nSPS) is 10.2. The maximum Gasteiger partial charge on any atom is 0.256 e. The molecule has 1 heterocycles. The minimum atomic E-state index is -0.159. The van der Waals surface area contributed by atoms with Crippen LogP contribution in [-0.4, -0.2) is 10.9 Å². The molecule has 0 aliphatic heterocycles. The largest absolute Gasteiger partial charge is 0.306 e. The van der Waals surface area contributed by atoms with Crippen molar-refractivity contribution in [2.45, 2.75) is 6.92 Å². The van der Waals surface area contributed by atoms with Crippen LogP contribution in [0.15, 0.2) is 41.0 Å². The molecule has 0 unspecified atom stereocenters. The van der Waals surface area contributed by atoms with E-state index in [0.29, 0.717) is 11.4 Å². The first-order chi connectivity index (χ1) is 8.56. The average molecular weight is 417 g/mol. The molecular formula is C13H10BrIN2O. The van der Waals surface area contributed by atoms with E-state index in [2.05, 4.69) is 48.8 Å². The lowest BCUT2D eigenvalue weighted by Gasteiger charge is -2.07. The summed E-state index contributed by atoms with van der Waals surface area (Å²) >= 11 is 5.53. The smallest absolute Gasteiger partial charge is 0.256 e. The molecule has 18 heavy (non-hydrogen) atoms. The third-order valence-corrected chi connectivity index (χ3v) is 3.45. The van der Waals surface area contributed by atoms with Crippen molar-refractivity contribution in [3.8, 4) is 0 Å². The molecule has 1 aromatic heterocycles. The molecule has 1 amide bonds. The highest BCUT2D eigenvalue weighted by Crippen LogP contribution is 2.16. The zero-order valence-corrected chi connectivity index (χ0v) is 13.3. The van der Waals surface area contributed by atoms with Gasteiger partial charge < -0.3 is 5.32 Å². The topological polar surface area (TPSA) is 42.0 Å². The SMILES string of the molecule is Cc1cc(I)cnc1NC(=O)c1cccc(Br)c1. The molecule has 92 valence electrons. The number of nitrogens with zero attached hydrogens (tertiary/aromatic N) is 1. The zero-order chi connectivity index (χ0) is 13.1. The van der Waals surface area contributed by atoms with E-state index in [1.54, 1.807) is 18.3 Å². The van der Waals surface area contributed by atoms with Gasteiger partial charge in [-0.15, -0.1) is 0 Å². The van der Waals surface area contributed by atoms with Crippen molar-refractivity contribution in [1.29, 1.82) is 0 Å². The van der Waals surface area contributed by atoms with Crippen LogP contribution in [0.2, 0.25) is 0 Å². The van der Waals surface area contributed by atoms with Gasteiger partial charge in [0.05, 0.1) is 0 Å². The van der Waals surface area contributed by atoms with Gasteiger partial charge in [0.15, 0.2) is 0 Å². The van der Waals surface area contributed by atoms with E-state index >= 15 is 0 Å². The number of carbonyl (C=O) groups excluding carboxylic acids is 1. The lowest BCUT2D eigenvalue weighted by atomic mass is 10.2. The van der Waals surface area contributed by atoms with Crippen LogP contribution in [0.3, 0.4) is 0 Å². The van der Waals surface area contributed by atoms with Gasteiger partial charge >= 0.3 is 0 Å². The van der Waals surface area contributed by atoms with Crippen LogP contribution in [0.4, 0.5) is 5.82 Å². The van der Waals surface area contributed by atoms with E-state index in [9.17, 15) is 4.79 Å². The summed E-state index contributed by atoms with van der Waals surface area (Å²) in [7, 11) is 0. The Hall–Kier alpha value is -0.950. The lowest BCUT2D eigenvalue weighted by Crippen LogP contribution is -2.13. The van der Waals surface area contributed by atoms with E-state index in [4.69, 9.17) is 0 Å². The van der Waals surface area contributed by atoms with Gasteiger partial charge in [-0.1, -0.05) is 22.0 Å². The van der Waals surface area contributed by atoms with Gasteiger partial charge in [-0.25, -0.2) is 4.98 Å². The van der Waals surface area contributed by atoms with Crippen molar-refractivity contribution < 1.29 is 4.79 Å². The number of amides is 1. The lowest BCUT2D eigenvalue weighted by molar-refractivity contribution is 0.102. The number of carbonyl (C=O) groups is 1. The van der Waals surface area contributed by atoms with Gasteiger partial charge in [0, 0.05) is 19.8 Å². The molecule has 0 saturated carbocycles. The molecule has 5 heteroatoms. The van der Waals surface area contributed by atoms with Crippen LogP contribution < -0.4 is 5.32 Å². The van der Waals surface area contributed by atoms with E-state index in [-0.39, 0.29) is 5.91 Å². The van der Waals surface area contributed by atoms with Crippen molar-refractivity contribution in [3.05, 3.63) is 55.7 Å². The van der Waals surface area contributed by atoms with Crippen LogP contribution in [0, 0.1) is 10.5 Å². The summed E-state index contributed by atoms with van der Waals surface area (Å²) in [6.45, 7) is 1.92. The average Bonchev–Trinajstić information content (AvgIpc) is 2.32. The minimum absolute atomic E-state index is 0.159. The maximum atomic E-state index is 12.0. The van der Waals surface area contributed by atoms with E-state index in [1.807, 2.05) is 25.1 Å². The highest BCUT2D eigenvalue weighted by atomic mass is 127. The fourth-order valence-electron chi connectivity index (χ4n) is 1.48. The number of aryl methyl sites for hydroxylation is 1. The fourth-order valence-corrected chi connectivity index (χ4v) is 2.49. The second-order valence-electron chi connectivity index (χ2n) is 3.78. The molecule has 2 aromatic rings. The molecular weight excluding hydrogens is 407 g/mol. The summed E-state index contributed by atoms with van der Waals surface area (Å²) in [5.41, 5.74) is 1.55. The highest BCUT2D eigenvalue weighted by Gasteiger charge is 2.09. The summed E-state index contributed by atoms with van der Waals surface area (Å²) in [4.78, 5) is 16.2. The highest BCUT2D eigenvalue weighted by molar-refractivity contribution is 14.1. The number of aromatic nitrogens is 1. The Morgan fingerprint density at radius 3 is 2.83 bits per heavy atom. The Kier molecular flexibility index (Phi) is 4.34. The van der Waals surface area contributed by atoms with Gasteiger partial charge in [0.2, 0.25) is 0 Å². The second kappa shape index (κ2) is 5.79. The third-order valence-electron chi connectivity index (χ3n) is 2.36. The number of anilines is 1. The van der Waals surface area contributed by atoms with Crippen LogP contribution in [0.5, 0.6) is 0 Å². The summed E-state index contributed by atoms with van der Waals surface area (Å²) < 4.78 is 1.92. The van der Waals surface area contributed by atoms with Crippen LogP contribution >= 0.6 is 38.5 Å². The first-order valence-electron chi connectivity index (χ1n) is 5.25. The standard InChI is InChI=1S/C13H10BrIN2O/c1-8-5-11(15)7-16-12(8)17-13(18)9-3-2-4-10(14)6-9/h2-7H,1H3,(H,16,17,18). The van der Waals surface area contributed by atoms with Crippen LogP contribution in [-0.2, 0) is 0 Å². The first kappa shape index (κ1) is 13.5. The van der Waals surface area contributed by atoms with Gasteiger partial charge in [0.1, 0.15) is 5.82 Å². The molecule has 3 nitrogen and oxygen atoms in total. The van der Waals surface area contributed by atoms with Crippen molar-refractivity contribution in [3.63, 3.8) is 0 Å². The van der Waals surface area contributed by atoms with Crippen LogP contribution in [0.25, 0.3) is 0 Å². The number of hydrogen-bond donors (Lipinski definition) is 1. The van der Waals surface area contributed by atoms with Crippen molar-refractivity contribution >= 4 is 50.2 Å². The van der Waals surface area contributed by atoms with Gasteiger partial charge in [-0.2, -0.15) is 0 Å². The molecule has 0 saturated heterocycles. The molecule has 0 fully saturated rings. The molecule has 0 bridgehead atoms. The van der Waals surface area contributed by atoms with Crippen molar-refractivity contribution in [2.24, 2.45) is 0 Å². The fraction of sp³-hybridized carbons (Fsp3) is 0.0769. The molecule has 2 rings (SSSR count). The summed E-state index contributed by atoms with van der Waals surface area (Å²) in [6, 6.07) is 9.22. The van der Waals surface area contributed by atoms with E-state index < -0.39 is 0 Å². The summed E-state index contributed by atoms with van der Waals surface area (Å²) in [6.07, 6.45) is 1.73. The van der Waals surface area contributed by atoms with E-state index in [1.165, 1.54) is 0 Å². The summed E-state index contributed by atoms with van der Waals surface area (Å²) in [5, 5.41) is 2.81. The molecule has 1 N–H and O–H groups in total. The monoisotopic (exact) mass is 416 g/mol. The predicted molar refractivity (Wildman–Crippen MR) is 83.8 cm³/mol. The van der Waals surface area contributed by atoms with Gasteiger partial charge in [0.25, 0.3) is 5.91 Å². The number of hydrogen-bond acceptors (Lipinski definition) is 2. The number of nitrogens with one attached hydrogen (secondary N) is 1. The molecule has 0 spiro atoms. The molecule has 0 atom stereocenters. The third kappa shape index (κ3) is 3.29. The van der Waals surface area contributed by atoms with Crippen LogP contribution in [0.1, 0.15) is 15.9 Å². The number of rotatable bonds is 2. The number of benzene rings is 1. The minimum Gasteiger partial charge on any atom is -0.306 e. The van der Waals surface area contributed by atoms with Crippen molar-refractivity contribution in [1.82, 2.24) is 4.98 Å².